The zero-order valence-corrected chi connectivity index (χ0v) is 12.7. The molecule has 0 spiro atoms. The molecule has 4 heteroatoms. The minimum atomic E-state index is 0.439. The quantitative estimate of drug-likeness (QED) is 0.915. The Balaban J connectivity index is 1.53. The van der Waals surface area contributed by atoms with Crippen LogP contribution in [0.15, 0.2) is 42.7 Å². The van der Waals surface area contributed by atoms with Crippen molar-refractivity contribution in [1.29, 1.82) is 0 Å². The highest BCUT2D eigenvalue weighted by molar-refractivity contribution is 8.00. The van der Waals surface area contributed by atoms with Crippen LogP contribution in [0.25, 0.3) is 5.69 Å². The first-order valence-corrected chi connectivity index (χ1v) is 8.17. The van der Waals surface area contributed by atoms with Crippen molar-refractivity contribution in [3.8, 4) is 5.69 Å². The second-order valence-electron chi connectivity index (χ2n) is 5.62. The molecule has 3 rings (SSSR count). The molecule has 106 valence electrons. The van der Waals surface area contributed by atoms with Gasteiger partial charge in [-0.25, -0.2) is 4.68 Å². The monoisotopic (exact) mass is 287 g/mol. The van der Waals surface area contributed by atoms with Gasteiger partial charge >= 0.3 is 0 Å². The molecule has 1 aromatic carbocycles. The molecule has 0 radical (unpaired) electrons. The van der Waals surface area contributed by atoms with Crippen LogP contribution >= 0.6 is 11.8 Å². The summed E-state index contributed by atoms with van der Waals surface area (Å²) in [5.74, 6) is 1.32. The predicted octanol–water partition coefficient (Wildman–Crippen LogP) is 3.25. The van der Waals surface area contributed by atoms with E-state index >= 15 is 0 Å². The Bertz CT molecular complexity index is 527. The van der Waals surface area contributed by atoms with Crippen molar-refractivity contribution >= 4 is 11.8 Å². The lowest BCUT2D eigenvalue weighted by Gasteiger charge is -2.23. The molecule has 1 atom stereocenters. The highest BCUT2D eigenvalue weighted by Gasteiger charge is 2.28. The van der Waals surface area contributed by atoms with Crippen molar-refractivity contribution < 1.29 is 0 Å². The fraction of sp³-hybridized carbons (Fsp3) is 0.438. The summed E-state index contributed by atoms with van der Waals surface area (Å²) in [7, 11) is 0. The first-order valence-electron chi connectivity index (χ1n) is 7.19. The molecule has 3 nitrogen and oxygen atoms in total. The molecule has 2 heterocycles. The molecule has 1 unspecified atom stereocenters. The minimum Gasteiger partial charge on any atom is -0.311 e. The first kappa shape index (κ1) is 13.7. The predicted molar refractivity (Wildman–Crippen MR) is 85.4 cm³/mol. The second kappa shape index (κ2) is 6.02. The Labute approximate surface area is 124 Å². The van der Waals surface area contributed by atoms with Gasteiger partial charge in [-0.15, -0.1) is 0 Å². The van der Waals surface area contributed by atoms with Gasteiger partial charge < -0.3 is 5.32 Å². The van der Waals surface area contributed by atoms with Gasteiger partial charge in [0.25, 0.3) is 0 Å². The number of benzene rings is 1. The van der Waals surface area contributed by atoms with Gasteiger partial charge in [-0.1, -0.05) is 12.1 Å². The van der Waals surface area contributed by atoms with Crippen molar-refractivity contribution in [2.24, 2.45) is 0 Å². The number of nitrogens with zero attached hydrogens (tertiary/aromatic N) is 2. The molecule has 1 aliphatic rings. The summed E-state index contributed by atoms with van der Waals surface area (Å²) in [6, 6.07) is 10.5. The number of aromatic nitrogens is 2. The number of thioether (sulfide) groups is 1. The van der Waals surface area contributed by atoms with E-state index in [-0.39, 0.29) is 0 Å². The van der Waals surface area contributed by atoms with E-state index < -0.39 is 0 Å². The summed E-state index contributed by atoms with van der Waals surface area (Å²) in [5, 5.41) is 7.83. The zero-order valence-electron chi connectivity index (χ0n) is 11.9. The molecule has 0 amide bonds. The van der Waals surface area contributed by atoms with Crippen LogP contribution in [0.2, 0.25) is 0 Å². The van der Waals surface area contributed by atoms with E-state index in [1.165, 1.54) is 24.2 Å². The van der Waals surface area contributed by atoms with Crippen molar-refractivity contribution in [1.82, 2.24) is 15.1 Å². The number of nitrogens with one attached hydrogen (secondary N) is 1. The van der Waals surface area contributed by atoms with E-state index in [0.717, 1.165) is 18.8 Å². The lowest BCUT2D eigenvalue weighted by atomic mass is 10.1. The van der Waals surface area contributed by atoms with Crippen LogP contribution in [0.3, 0.4) is 0 Å². The molecule has 1 aliphatic heterocycles. The minimum absolute atomic E-state index is 0.439. The summed E-state index contributed by atoms with van der Waals surface area (Å²) < 4.78 is 2.32. The third-order valence-corrected chi connectivity index (χ3v) is 5.37. The maximum absolute atomic E-state index is 4.24. The Morgan fingerprint density at radius 1 is 1.35 bits per heavy atom. The van der Waals surface area contributed by atoms with Gasteiger partial charge in [-0.3, -0.25) is 0 Å². The standard InChI is InChI=1S/C16H21N3S/c1-16(8-2-11-20-16)13-17-12-14-4-6-15(7-5-14)19-10-3-9-18-19/h3-7,9-10,17H,2,8,11-13H2,1H3. The molecule has 0 aliphatic carbocycles. The molecular formula is C16H21N3S. The van der Waals surface area contributed by atoms with E-state index in [1.807, 2.05) is 16.9 Å². The Kier molecular flexibility index (Phi) is 4.13. The number of hydrogen-bond acceptors (Lipinski definition) is 3. The van der Waals surface area contributed by atoms with E-state index in [4.69, 9.17) is 0 Å². The van der Waals surface area contributed by atoms with Crippen molar-refractivity contribution in [2.45, 2.75) is 31.1 Å². The van der Waals surface area contributed by atoms with Crippen LogP contribution in [0.5, 0.6) is 0 Å². The van der Waals surface area contributed by atoms with E-state index in [9.17, 15) is 0 Å². The highest BCUT2D eigenvalue weighted by atomic mass is 32.2. The molecule has 1 saturated heterocycles. The van der Waals surface area contributed by atoms with Gasteiger partial charge in [0, 0.05) is 30.2 Å². The maximum atomic E-state index is 4.24. The van der Waals surface area contributed by atoms with Crippen LogP contribution in [-0.2, 0) is 6.54 Å². The maximum Gasteiger partial charge on any atom is 0.0645 e. The molecular weight excluding hydrogens is 266 g/mol. The average Bonchev–Trinajstić information content (AvgIpc) is 3.11. The Morgan fingerprint density at radius 2 is 2.20 bits per heavy atom. The van der Waals surface area contributed by atoms with Crippen molar-refractivity contribution in [2.75, 3.05) is 12.3 Å². The molecule has 2 aromatic rings. The molecule has 20 heavy (non-hydrogen) atoms. The summed E-state index contributed by atoms with van der Waals surface area (Å²) in [6.45, 7) is 4.41. The Morgan fingerprint density at radius 3 is 2.85 bits per heavy atom. The Hall–Kier alpha value is -1.26. The van der Waals surface area contributed by atoms with Crippen molar-refractivity contribution in [3.05, 3.63) is 48.3 Å². The van der Waals surface area contributed by atoms with Crippen LogP contribution < -0.4 is 5.32 Å². The van der Waals surface area contributed by atoms with Gasteiger partial charge in [-0.2, -0.15) is 16.9 Å². The van der Waals surface area contributed by atoms with Crippen molar-refractivity contribution in [3.63, 3.8) is 0 Å². The SMILES string of the molecule is CC1(CNCc2ccc(-n3cccn3)cc2)CCCS1. The largest absolute Gasteiger partial charge is 0.311 e. The van der Waals surface area contributed by atoms with Gasteiger partial charge in [0.05, 0.1) is 5.69 Å². The van der Waals surface area contributed by atoms with E-state index in [1.54, 1.807) is 6.20 Å². The lowest BCUT2D eigenvalue weighted by molar-refractivity contribution is 0.537. The highest BCUT2D eigenvalue weighted by Crippen LogP contribution is 2.36. The topological polar surface area (TPSA) is 29.9 Å². The van der Waals surface area contributed by atoms with Crippen LogP contribution in [-0.4, -0.2) is 26.8 Å². The summed E-state index contributed by atoms with van der Waals surface area (Å²) in [4.78, 5) is 0. The molecule has 1 aromatic heterocycles. The van der Waals surface area contributed by atoms with E-state index in [2.05, 4.69) is 53.4 Å². The fourth-order valence-electron chi connectivity index (χ4n) is 2.64. The number of rotatable bonds is 5. The molecule has 0 bridgehead atoms. The van der Waals surface area contributed by atoms with E-state index in [0.29, 0.717) is 4.75 Å². The van der Waals surface area contributed by atoms with Gasteiger partial charge in [0.1, 0.15) is 0 Å². The third kappa shape index (κ3) is 3.25. The summed E-state index contributed by atoms with van der Waals surface area (Å²) in [6.07, 6.45) is 6.46. The summed E-state index contributed by atoms with van der Waals surface area (Å²) in [5.41, 5.74) is 2.43. The van der Waals surface area contributed by atoms with Gasteiger partial charge in [0.15, 0.2) is 0 Å². The smallest absolute Gasteiger partial charge is 0.0645 e. The van der Waals surface area contributed by atoms with Crippen LogP contribution in [0.1, 0.15) is 25.3 Å². The molecule has 0 saturated carbocycles. The number of hydrogen-bond donors (Lipinski definition) is 1. The zero-order chi connectivity index (χ0) is 13.8. The molecule has 1 fully saturated rings. The first-order chi connectivity index (χ1) is 9.75. The van der Waals surface area contributed by atoms with Gasteiger partial charge in [-0.05, 0) is 49.3 Å². The second-order valence-corrected chi connectivity index (χ2v) is 7.31. The van der Waals surface area contributed by atoms with Gasteiger partial charge in [0.2, 0.25) is 0 Å². The third-order valence-electron chi connectivity index (χ3n) is 3.83. The normalized spacial score (nSPS) is 22.2. The average molecular weight is 287 g/mol. The van der Waals surface area contributed by atoms with Crippen LogP contribution in [0, 0.1) is 0 Å². The summed E-state index contributed by atoms with van der Waals surface area (Å²) >= 11 is 2.11. The lowest BCUT2D eigenvalue weighted by Crippen LogP contribution is -2.32. The fourth-order valence-corrected chi connectivity index (χ4v) is 3.91. The molecule has 1 N–H and O–H groups in total. The van der Waals surface area contributed by atoms with Crippen LogP contribution in [0.4, 0.5) is 0 Å².